The molecule has 2 saturated heterocycles. The summed E-state index contributed by atoms with van der Waals surface area (Å²) in [6.07, 6.45) is -1.72. The van der Waals surface area contributed by atoms with Gasteiger partial charge in [-0.1, -0.05) is 20.8 Å². The van der Waals surface area contributed by atoms with E-state index in [2.05, 4.69) is 38.8 Å². The number of hydrogen-bond donors (Lipinski definition) is 1. The monoisotopic (exact) mass is 454 g/mol. The highest BCUT2D eigenvalue weighted by Crippen LogP contribution is 2.53. The molecule has 3 aliphatic heterocycles. The maximum atomic E-state index is 12.9. The second kappa shape index (κ2) is 6.61. The van der Waals surface area contributed by atoms with Gasteiger partial charge in [-0.25, -0.2) is 9.36 Å². The number of fused-ring (bicyclic) bond motifs is 4. The first-order valence-corrected chi connectivity index (χ1v) is 13.6. The zero-order valence-corrected chi connectivity index (χ0v) is 20.8. The van der Waals surface area contributed by atoms with Crippen LogP contribution in [-0.4, -0.2) is 48.6 Å². The van der Waals surface area contributed by atoms with Crippen molar-refractivity contribution in [1.29, 1.82) is 0 Å². The van der Waals surface area contributed by atoms with Gasteiger partial charge < -0.3 is 23.4 Å². The molecular weight excluding hydrogens is 420 g/mol. The predicted octanol–water partition coefficient (Wildman–Crippen LogP) is 2.35. The standard InChI is InChI=1S/C21H34N2O7Si/c1-18(2,3)31(8,9)26-11-12-15-16(29-20(6,7)28-15)21(27-12)23-13(19(4,5)30-21)10-14(24)22-17(23)25/h10,12,15-16H,11H2,1-9H3,(H,22,24,25)/t12-,15-,16-,21-/m1/s1. The van der Waals surface area contributed by atoms with Gasteiger partial charge >= 0.3 is 5.69 Å². The minimum absolute atomic E-state index is 0.0316. The van der Waals surface area contributed by atoms with Crippen molar-refractivity contribution in [2.75, 3.05) is 6.61 Å². The molecular formula is C21H34N2O7Si. The van der Waals surface area contributed by atoms with Crippen molar-refractivity contribution in [2.45, 2.75) is 102 Å². The van der Waals surface area contributed by atoms with Gasteiger partial charge in [-0.3, -0.25) is 9.78 Å². The molecule has 1 aromatic heterocycles. The van der Waals surface area contributed by atoms with Crippen LogP contribution in [0, 0.1) is 0 Å². The van der Waals surface area contributed by atoms with Crippen LogP contribution in [0.2, 0.25) is 18.1 Å². The first-order chi connectivity index (χ1) is 14.0. The topological polar surface area (TPSA) is 101 Å². The highest BCUT2D eigenvalue weighted by Gasteiger charge is 2.70. The van der Waals surface area contributed by atoms with Crippen LogP contribution in [0.15, 0.2) is 15.7 Å². The minimum atomic E-state index is -2.05. The molecule has 0 amide bonds. The van der Waals surface area contributed by atoms with E-state index in [9.17, 15) is 9.59 Å². The van der Waals surface area contributed by atoms with Crippen LogP contribution in [-0.2, 0) is 34.9 Å². The average molecular weight is 455 g/mol. The van der Waals surface area contributed by atoms with Crippen molar-refractivity contribution in [2.24, 2.45) is 0 Å². The number of nitrogens with zero attached hydrogens (tertiary/aromatic N) is 1. The number of aromatic amines is 1. The number of H-pyrrole nitrogens is 1. The normalized spacial score (nSPS) is 33.6. The van der Waals surface area contributed by atoms with Crippen molar-refractivity contribution in [3.8, 4) is 0 Å². The Balaban J connectivity index is 1.76. The van der Waals surface area contributed by atoms with Crippen LogP contribution in [0.1, 0.15) is 54.2 Å². The smallest absolute Gasteiger partial charge is 0.332 e. The van der Waals surface area contributed by atoms with Crippen molar-refractivity contribution in [3.05, 3.63) is 32.6 Å². The van der Waals surface area contributed by atoms with Crippen LogP contribution in [0.5, 0.6) is 0 Å². The second-order valence-electron chi connectivity index (χ2n) is 11.2. The molecule has 4 heterocycles. The molecule has 0 bridgehead atoms. The fourth-order valence-electron chi connectivity index (χ4n) is 4.30. The van der Waals surface area contributed by atoms with E-state index in [0.717, 1.165) is 0 Å². The average Bonchev–Trinajstić information content (AvgIpc) is 3.12. The maximum absolute atomic E-state index is 12.9. The minimum Gasteiger partial charge on any atom is -0.414 e. The Morgan fingerprint density at radius 1 is 1.13 bits per heavy atom. The summed E-state index contributed by atoms with van der Waals surface area (Å²) in [5.41, 5.74) is -1.60. The largest absolute Gasteiger partial charge is 0.414 e. The molecule has 31 heavy (non-hydrogen) atoms. The quantitative estimate of drug-likeness (QED) is 0.700. The van der Waals surface area contributed by atoms with E-state index in [1.165, 1.54) is 10.6 Å². The van der Waals surface area contributed by atoms with Crippen LogP contribution in [0.25, 0.3) is 0 Å². The maximum Gasteiger partial charge on any atom is 0.332 e. The summed E-state index contributed by atoms with van der Waals surface area (Å²) < 4.78 is 33.0. The van der Waals surface area contributed by atoms with E-state index in [1.54, 1.807) is 13.8 Å². The molecule has 9 nitrogen and oxygen atoms in total. The molecule has 0 aliphatic carbocycles. The molecule has 1 aromatic rings. The molecule has 0 aromatic carbocycles. The Kier molecular flexibility index (Phi) is 4.88. The van der Waals surface area contributed by atoms with Crippen LogP contribution < -0.4 is 11.2 Å². The van der Waals surface area contributed by atoms with Crippen molar-refractivity contribution in [1.82, 2.24) is 9.55 Å². The van der Waals surface area contributed by atoms with Gasteiger partial charge in [0.2, 0.25) is 0 Å². The van der Waals surface area contributed by atoms with Gasteiger partial charge in [0.25, 0.3) is 11.5 Å². The van der Waals surface area contributed by atoms with Gasteiger partial charge in [0.05, 0.1) is 12.3 Å². The lowest BCUT2D eigenvalue weighted by Gasteiger charge is -2.37. The molecule has 4 atom stereocenters. The van der Waals surface area contributed by atoms with Crippen LogP contribution in [0.3, 0.4) is 0 Å². The van der Waals surface area contributed by atoms with Gasteiger partial charge in [-0.2, -0.15) is 0 Å². The van der Waals surface area contributed by atoms with Gasteiger partial charge in [-0.15, -0.1) is 0 Å². The number of ether oxygens (including phenoxy) is 4. The van der Waals surface area contributed by atoms with E-state index < -0.39 is 55.2 Å². The summed E-state index contributed by atoms with van der Waals surface area (Å²) in [6.45, 7) is 18.4. The van der Waals surface area contributed by atoms with Crippen molar-refractivity contribution < 1.29 is 23.4 Å². The second-order valence-corrected chi connectivity index (χ2v) is 16.0. The third-order valence-corrected chi connectivity index (χ3v) is 11.4. The molecule has 174 valence electrons. The molecule has 0 saturated carbocycles. The summed E-state index contributed by atoms with van der Waals surface area (Å²) in [5.74, 6) is -2.44. The number of nitrogens with one attached hydrogen (secondary N) is 1. The SMILES string of the molecule is CC1(C)O[C@H]2[C@@H](O1)[C@@]1(O[C@@H]2CO[Si](C)(C)C(C)(C)C)OC(C)(C)c2cc(=O)[nH]c(=O)n21. The van der Waals surface area contributed by atoms with E-state index in [0.29, 0.717) is 5.69 Å². The molecule has 4 rings (SSSR count). The van der Waals surface area contributed by atoms with E-state index in [1.807, 2.05) is 13.8 Å². The van der Waals surface area contributed by atoms with E-state index in [4.69, 9.17) is 23.4 Å². The summed E-state index contributed by atoms with van der Waals surface area (Å²) in [7, 11) is -2.05. The molecule has 0 radical (unpaired) electrons. The lowest BCUT2D eigenvalue weighted by Crippen LogP contribution is -2.51. The lowest BCUT2D eigenvalue weighted by atomic mass is 10.1. The Morgan fingerprint density at radius 3 is 2.39 bits per heavy atom. The molecule has 0 unspecified atom stereocenters. The lowest BCUT2D eigenvalue weighted by molar-refractivity contribution is -0.349. The molecule has 1 spiro atoms. The third-order valence-electron chi connectivity index (χ3n) is 6.86. The zero-order chi connectivity index (χ0) is 23.2. The Labute approximate surface area is 183 Å². The van der Waals surface area contributed by atoms with Gasteiger partial charge in [0.15, 0.2) is 20.2 Å². The first-order valence-electron chi connectivity index (χ1n) is 10.7. The fourth-order valence-corrected chi connectivity index (χ4v) is 5.32. The highest BCUT2D eigenvalue weighted by atomic mass is 28.4. The Morgan fingerprint density at radius 2 is 1.77 bits per heavy atom. The molecule has 10 heteroatoms. The number of hydrogen-bond acceptors (Lipinski definition) is 7. The van der Waals surface area contributed by atoms with E-state index >= 15 is 0 Å². The Hall–Kier alpha value is -1.30. The summed E-state index contributed by atoms with van der Waals surface area (Å²) in [4.78, 5) is 27.2. The van der Waals surface area contributed by atoms with Gasteiger partial charge in [-0.05, 0) is 45.8 Å². The summed E-state index contributed by atoms with van der Waals surface area (Å²) in [5, 5.41) is 0.0316. The molecule has 1 N–H and O–H groups in total. The van der Waals surface area contributed by atoms with Crippen molar-refractivity contribution in [3.63, 3.8) is 0 Å². The summed E-state index contributed by atoms with van der Waals surface area (Å²) in [6, 6.07) is 1.37. The zero-order valence-electron chi connectivity index (χ0n) is 19.8. The number of rotatable bonds is 3. The van der Waals surface area contributed by atoms with Gasteiger partial charge in [0.1, 0.15) is 17.8 Å². The van der Waals surface area contributed by atoms with Crippen molar-refractivity contribution >= 4 is 8.32 Å². The molecule has 2 fully saturated rings. The fraction of sp³-hybridized carbons (Fsp3) is 0.810. The van der Waals surface area contributed by atoms with Gasteiger partial charge in [0, 0.05) is 6.07 Å². The first kappa shape index (κ1) is 22.9. The highest BCUT2D eigenvalue weighted by molar-refractivity contribution is 6.74. The molecule has 3 aliphatic rings. The van der Waals surface area contributed by atoms with E-state index in [-0.39, 0.29) is 11.6 Å². The third kappa shape index (κ3) is 3.48. The Bertz CT molecular complexity index is 1010. The summed E-state index contributed by atoms with van der Waals surface area (Å²) >= 11 is 0. The van der Waals surface area contributed by atoms with Crippen LogP contribution >= 0.6 is 0 Å². The number of aromatic nitrogens is 2. The van der Waals surface area contributed by atoms with Crippen LogP contribution in [0.4, 0.5) is 0 Å². The predicted molar refractivity (Wildman–Crippen MR) is 115 cm³/mol.